The molecule has 0 aliphatic carbocycles. The largest absolute Gasteiger partial charge is 0.328 e. The molecule has 118 valence electrons. The van der Waals surface area contributed by atoms with E-state index in [1.165, 1.54) is 0 Å². The molecule has 0 unspecified atom stereocenters. The Kier molecular flexibility index (Phi) is 3.85. The fraction of sp³-hybridized carbons (Fsp3) is 0.176. The summed E-state index contributed by atoms with van der Waals surface area (Å²) < 4.78 is 4.09. The van der Waals surface area contributed by atoms with Gasteiger partial charge in [0.25, 0.3) is 5.91 Å². The number of hydrogen-bond donors (Lipinski definition) is 1. The van der Waals surface area contributed by atoms with E-state index in [4.69, 9.17) is 0 Å². The molecule has 0 aliphatic rings. The number of halogens is 1. The Labute approximate surface area is 141 Å². The molecule has 3 aromatic rings. The van der Waals surface area contributed by atoms with Crippen molar-refractivity contribution in [3.05, 3.63) is 62.5 Å². The highest BCUT2D eigenvalue weighted by Crippen LogP contribution is 2.20. The number of amides is 1. The van der Waals surface area contributed by atoms with E-state index in [9.17, 15) is 9.59 Å². The maximum Gasteiger partial charge on any atom is 0.328 e. The molecule has 5 nitrogen and oxygen atoms in total. The molecule has 23 heavy (non-hydrogen) atoms. The van der Waals surface area contributed by atoms with Gasteiger partial charge in [-0.15, -0.1) is 0 Å². The van der Waals surface area contributed by atoms with Crippen molar-refractivity contribution in [2.45, 2.75) is 6.92 Å². The van der Waals surface area contributed by atoms with E-state index in [2.05, 4.69) is 21.2 Å². The van der Waals surface area contributed by atoms with Crippen molar-refractivity contribution in [3.8, 4) is 0 Å². The Morgan fingerprint density at radius 1 is 1.04 bits per heavy atom. The lowest BCUT2D eigenvalue weighted by atomic mass is 10.1. The van der Waals surface area contributed by atoms with Gasteiger partial charge in [0.05, 0.1) is 11.0 Å². The third kappa shape index (κ3) is 2.70. The van der Waals surface area contributed by atoms with E-state index >= 15 is 0 Å². The summed E-state index contributed by atoms with van der Waals surface area (Å²) in [5.74, 6) is -0.171. The summed E-state index contributed by atoms with van der Waals surface area (Å²) in [4.78, 5) is 24.4. The van der Waals surface area contributed by atoms with Crippen LogP contribution >= 0.6 is 15.9 Å². The first-order valence-electron chi connectivity index (χ1n) is 7.11. The standard InChI is InChI=1S/C17H16BrN3O2/c1-10-8-11(18)4-6-13(10)16(22)19-12-5-7-14-15(9-12)21(3)17(23)20(14)2/h4-9H,1-3H3,(H,19,22). The first-order valence-corrected chi connectivity index (χ1v) is 7.91. The van der Waals surface area contributed by atoms with E-state index in [0.29, 0.717) is 11.3 Å². The molecule has 1 aromatic heterocycles. The maximum absolute atomic E-state index is 12.4. The zero-order valence-electron chi connectivity index (χ0n) is 13.1. The van der Waals surface area contributed by atoms with E-state index in [0.717, 1.165) is 21.1 Å². The highest BCUT2D eigenvalue weighted by molar-refractivity contribution is 9.10. The van der Waals surface area contributed by atoms with Crippen molar-refractivity contribution >= 4 is 38.6 Å². The molecule has 0 spiro atoms. The molecule has 0 saturated heterocycles. The van der Waals surface area contributed by atoms with E-state index < -0.39 is 0 Å². The predicted molar refractivity (Wildman–Crippen MR) is 95.0 cm³/mol. The minimum absolute atomic E-state index is 0.0905. The lowest BCUT2D eigenvalue weighted by Crippen LogP contribution is -2.19. The number of aryl methyl sites for hydroxylation is 3. The van der Waals surface area contributed by atoms with Crippen molar-refractivity contribution in [1.29, 1.82) is 0 Å². The highest BCUT2D eigenvalue weighted by Gasteiger charge is 2.12. The second-order valence-electron chi connectivity index (χ2n) is 5.52. The average molecular weight is 374 g/mol. The average Bonchev–Trinajstić information content (AvgIpc) is 2.72. The molecule has 0 saturated carbocycles. The maximum atomic E-state index is 12.4. The SMILES string of the molecule is Cc1cc(Br)ccc1C(=O)Nc1ccc2c(c1)n(C)c(=O)n2C. The molecular formula is C17H16BrN3O2. The van der Waals surface area contributed by atoms with Crippen molar-refractivity contribution in [2.75, 3.05) is 5.32 Å². The van der Waals surface area contributed by atoms with Crippen LogP contribution < -0.4 is 11.0 Å². The van der Waals surface area contributed by atoms with Crippen molar-refractivity contribution in [3.63, 3.8) is 0 Å². The molecule has 0 radical (unpaired) electrons. The van der Waals surface area contributed by atoms with Gasteiger partial charge in [0.15, 0.2) is 0 Å². The van der Waals surface area contributed by atoms with Crippen molar-refractivity contribution < 1.29 is 4.79 Å². The minimum atomic E-state index is -0.171. The third-order valence-corrected chi connectivity index (χ3v) is 4.46. The lowest BCUT2D eigenvalue weighted by Gasteiger charge is -2.08. The second-order valence-corrected chi connectivity index (χ2v) is 6.43. The Bertz CT molecular complexity index is 985. The van der Waals surface area contributed by atoms with Crippen LogP contribution in [-0.2, 0) is 14.1 Å². The molecule has 3 rings (SSSR count). The summed E-state index contributed by atoms with van der Waals surface area (Å²) in [5.41, 5.74) is 3.69. The summed E-state index contributed by atoms with van der Waals surface area (Å²) in [6.07, 6.45) is 0. The van der Waals surface area contributed by atoms with Crippen LogP contribution in [0.25, 0.3) is 11.0 Å². The quantitative estimate of drug-likeness (QED) is 0.749. The number of rotatable bonds is 2. The summed E-state index contributed by atoms with van der Waals surface area (Å²) in [6, 6.07) is 11.0. The molecule has 1 N–H and O–H groups in total. The Morgan fingerprint density at radius 2 is 1.74 bits per heavy atom. The zero-order chi connectivity index (χ0) is 16.7. The first-order chi connectivity index (χ1) is 10.9. The fourth-order valence-electron chi connectivity index (χ4n) is 2.66. The fourth-order valence-corrected chi connectivity index (χ4v) is 3.14. The number of benzene rings is 2. The van der Waals surface area contributed by atoms with Crippen LogP contribution in [0.1, 0.15) is 15.9 Å². The number of nitrogens with one attached hydrogen (secondary N) is 1. The van der Waals surface area contributed by atoms with Crippen LogP contribution in [0, 0.1) is 6.92 Å². The number of imidazole rings is 1. The second kappa shape index (κ2) is 5.70. The zero-order valence-corrected chi connectivity index (χ0v) is 14.6. The van der Waals surface area contributed by atoms with Gasteiger partial charge in [0.1, 0.15) is 0 Å². The Balaban J connectivity index is 1.97. The highest BCUT2D eigenvalue weighted by atomic mass is 79.9. The molecule has 6 heteroatoms. The van der Waals surface area contributed by atoms with Gasteiger partial charge in [-0.1, -0.05) is 15.9 Å². The van der Waals surface area contributed by atoms with Crippen LogP contribution in [-0.4, -0.2) is 15.0 Å². The molecule has 1 heterocycles. The molecule has 0 aliphatic heterocycles. The van der Waals surface area contributed by atoms with Crippen molar-refractivity contribution in [2.24, 2.45) is 14.1 Å². The van der Waals surface area contributed by atoms with Gasteiger partial charge in [-0.2, -0.15) is 0 Å². The summed E-state index contributed by atoms with van der Waals surface area (Å²) in [6.45, 7) is 1.89. The monoisotopic (exact) mass is 373 g/mol. The van der Waals surface area contributed by atoms with Gasteiger partial charge < -0.3 is 5.32 Å². The Hall–Kier alpha value is -2.34. The van der Waals surface area contributed by atoms with E-state index in [1.807, 2.05) is 31.2 Å². The summed E-state index contributed by atoms with van der Waals surface area (Å²) >= 11 is 3.39. The van der Waals surface area contributed by atoms with Gasteiger partial charge in [-0.25, -0.2) is 4.79 Å². The van der Waals surface area contributed by atoms with Gasteiger partial charge >= 0.3 is 5.69 Å². The number of carbonyl (C=O) groups excluding carboxylic acids is 1. The normalized spacial score (nSPS) is 11.0. The smallest absolute Gasteiger partial charge is 0.322 e. The topological polar surface area (TPSA) is 56.0 Å². The van der Waals surface area contributed by atoms with Gasteiger partial charge in [0.2, 0.25) is 0 Å². The van der Waals surface area contributed by atoms with E-state index in [-0.39, 0.29) is 11.6 Å². The minimum Gasteiger partial charge on any atom is -0.322 e. The number of fused-ring (bicyclic) bond motifs is 1. The number of aromatic nitrogens is 2. The summed E-state index contributed by atoms with van der Waals surface area (Å²) in [5, 5.41) is 2.89. The molecule has 1 amide bonds. The molecular weight excluding hydrogens is 358 g/mol. The van der Waals surface area contributed by atoms with Crippen LogP contribution in [0.3, 0.4) is 0 Å². The molecule has 0 bridgehead atoms. The van der Waals surface area contributed by atoms with Crippen LogP contribution in [0.5, 0.6) is 0 Å². The summed E-state index contributed by atoms with van der Waals surface area (Å²) in [7, 11) is 3.45. The molecule has 0 fully saturated rings. The van der Waals surface area contributed by atoms with Crippen LogP contribution in [0.15, 0.2) is 45.7 Å². The van der Waals surface area contributed by atoms with Crippen LogP contribution in [0.2, 0.25) is 0 Å². The first kappa shape index (κ1) is 15.6. The predicted octanol–water partition coefficient (Wildman–Crippen LogP) is 3.20. The molecule has 2 aromatic carbocycles. The van der Waals surface area contributed by atoms with Gasteiger partial charge in [0, 0.05) is 29.8 Å². The Morgan fingerprint density at radius 3 is 2.43 bits per heavy atom. The number of anilines is 1. The number of nitrogens with zero attached hydrogens (tertiary/aromatic N) is 2. The number of hydrogen-bond acceptors (Lipinski definition) is 2. The molecule has 0 atom stereocenters. The van der Waals surface area contributed by atoms with E-state index in [1.54, 1.807) is 35.4 Å². The lowest BCUT2D eigenvalue weighted by molar-refractivity contribution is 0.102. The number of carbonyl (C=O) groups is 1. The van der Waals surface area contributed by atoms with Crippen molar-refractivity contribution in [1.82, 2.24) is 9.13 Å². The third-order valence-electron chi connectivity index (χ3n) is 3.96. The van der Waals surface area contributed by atoms with Gasteiger partial charge in [-0.3, -0.25) is 13.9 Å². The van der Waals surface area contributed by atoms with Crippen LogP contribution in [0.4, 0.5) is 5.69 Å². The van der Waals surface area contributed by atoms with Gasteiger partial charge in [-0.05, 0) is 48.9 Å².